The third kappa shape index (κ3) is 19.6. The molecule has 1 N–H and O–H groups in total. The predicted octanol–water partition coefficient (Wildman–Crippen LogP) is 15.4. The van der Waals surface area contributed by atoms with Crippen LogP contribution in [-0.4, -0.2) is 114 Å². The molecule has 0 radical (unpaired) electrons. The summed E-state index contributed by atoms with van der Waals surface area (Å²) in [6.45, 7) is 28.5. The first kappa shape index (κ1) is 77.5. The molecule has 0 spiro atoms. The molecule has 7 aromatic carbocycles. The molecule has 13 nitrogen and oxygen atoms in total. The average molecular weight is 1390 g/mol. The lowest BCUT2D eigenvalue weighted by atomic mass is 10.00. The molecule has 4 unspecified atom stereocenters. The molecule has 2 aliphatic rings. The summed E-state index contributed by atoms with van der Waals surface area (Å²) in [5.74, 6) is -4.76. The van der Waals surface area contributed by atoms with Gasteiger partial charge in [0, 0.05) is 37.3 Å². The van der Waals surface area contributed by atoms with Crippen LogP contribution < -0.4 is 25.5 Å². The predicted molar refractivity (Wildman–Crippen MR) is 391 cm³/mol. The summed E-state index contributed by atoms with van der Waals surface area (Å²) >= 11 is 0. The zero-order valence-corrected chi connectivity index (χ0v) is 62.2. The standard InChI is InChI=1S/C45H55FO7Si.C37H47FO6Si/c1-32(33(2)53-54(44(3,4)5,37-20-14-10-15-21-37)38-22-16-11-17-23-38)30-39(46)41(50-43(47)35-18-12-9-13-19-35)42-40(51-45(6,7)52-42)28-29-49-31-34-24-26-36(48-8)27-25-34;1-26(27(2)44-45(36(3,4)5,29-19-13-9-14-20-29)30-21-15-10-16-22-30)25-31(38)33(41-35(40)28-17-11-8-12-18-28)34-32(23-24-39)42-37(6,7)43-34/h9-27,30,32-33,40-42H,28-29,31H2,1-8H3;8-22,25-27,32-34,39H,23-24H2,1-7H3/b39-30+;31-25+/t32-,33+,40+,41?,42?;26-,27+,32+,33?,34?/m11/s1. The summed E-state index contributed by atoms with van der Waals surface area (Å²) in [6, 6.07) is 66.0. The molecular weight excluding hydrogens is 1290 g/mol. The van der Waals surface area contributed by atoms with Gasteiger partial charge in [0.05, 0.1) is 37.1 Å². The lowest BCUT2D eigenvalue weighted by Crippen LogP contribution is -2.67. The smallest absolute Gasteiger partial charge is 0.338 e. The van der Waals surface area contributed by atoms with E-state index in [0.717, 1.165) is 32.1 Å². The highest BCUT2D eigenvalue weighted by atomic mass is 28.4. The van der Waals surface area contributed by atoms with E-state index in [-0.39, 0.29) is 23.1 Å². The summed E-state index contributed by atoms with van der Waals surface area (Å²) < 4.78 is 95.8. The number of hydrogen-bond acceptors (Lipinski definition) is 13. The van der Waals surface area contributed by atoms with E-state index in [0.29, 0.717) is 30.8 Å². The van der Waals surface area contributed by atoms with Crippen LogP contribution in [0.3, 0.4) is 0 Å². The van der Waals surface area contributed by atoms with Crippen LogP contribution in [0.4, 0.5) is 8.78 Å². The number of carbonyl (C=O) groups excluding carboxylic acids is 2. The minimum absolute atomic E-state index is 0.189. The summed E-state index contributed by atoms with van der Waals surface area (Å²) in [5.41, 5.74) is 1.59. The number of rotatable bonds is 28. The van der Waals surface area contributed by atoms with Crippen LogP contribution in [0.5, 0.6) is 5.75 Å². The summed E-state index contributed by atoms with van der Waals surface area (Å²) in [5, 5.41) is 13.7. The van der Waals surface area contributed by atoms with E-state index in [1.54, 1.807) is 89.4 Å². The van der Waals surface area contributed by atoms with Crippen molar-refractivity contribution in [3.63, 3.8) is 0 Å². The second-order valence-corrected chi connectivity index (χ2v) is 37.2. The zero-order valence-electron chi connectivity index (χ0n) is 60.2. The maximum atomic E-state index is 17.0. The molecule has 0 saturated carbocycles. The Bertz CT molecular complexity index is 3600. The van der Waals surface area contributed by atoms with E-state index in [2.05, 4.69) is 90.1 Å². The van der Waals surface area contributed by atoms with Gasteiger partial charge in [-0.05, 0) is 139 Å². The Morgan fingerprint density at radius 2 is 0.818 bits per heavy atom. The molecular formula is C82H102F2O13Si2. The maximum Gasteiger partial charge on any atom is 0.338 e. The largest absolute Gasteiger partial charge is 0.497 e. The monoisotopic (exact) mass is 1390 g/mol. The number of methoxy groups -OCH3 is 1. The van der Waals surface area contributed by atoms with Crippen LogP contribution in [0.2, 0.25) is 10.1 Å². The van der Waals surface area contributed by atoms with Crippen LogP contribution in [0.1, 0.15) is 136 Å². The Morgan fingerprint density at radius 3 is 1.13 bits per heavy atom. The van der Waals surface area contributed by atoms with Gasteiger partial charge in [0.15, 0.2) is 23.8 Å². The van der Waals surface area contributed by atoms with Gasteiger partial charge in [0.25, 0.3) is 16.6 Å². The van der Waals surface area contributed by atoms with Crippen LogP contribution >= 0.6 is 0 Å². The first-order chi connectivity index (χ1) is 47.0. The van der Waals surface area contributed by atoms with Gasteiger partial charge < -0.3 is 51.9 Å². The normalized spacial score (nSPS) is 19.9. The van der Waals surface area contributed by atoms with Gasteiger partial charge in [-0.3, -0.25) is 0 Å². The Hall–Kier alpha value is -7.27. The quantitative estimate of drug-likeness (QED) is 0.0282. The number of aliphatic hydroxyl groups excluding tert-OH is 1. The molecule has 7 aromatic rings. The van der Waals surface area contributed by atoms with E-state index in [4.69, 9.17) is 46.7 Å². The number of aliphatic hydroxyl groups is 1. The topological polar surface area (TPSA) is 147 Å². The van der Waals surface area contributed by atoms with Crippen molar-refractivity contribution in [2.75, 3.05) is 20.3 Å². The summed E-state index contributed by atoms with van der Waals surface area (Å²) in [6.07, 6.45) is -3.22. The third-order valence-corrected chi connectivity index (χ3v) is 28.6. The van der Waals surface area contributed by atoms with Crippen molar-refractivity contribution in [2.24, 2.45) is 11.8 Å². The van der Waals surface area contributed by atoms with Crippen molar-refractivity contribution in [1.29, 1.82) is 0 Å². The number of halogens is 2. The van der Waals surface area contributed by atoms with Crippen LogP contribution in [0, 0.1) is 11.8 Å². The lowest BCUT2D eigenvalue weighted by molar-refractivity contribution is -0.155. The van der Waals surface area contributed by atoms with Gasteiger partial charge in [-0.25, -0.2) is 18.4 Å². The number of hydrogen-bond donors (Lipinski definition) is 1. The van der Waals surface area contributed by atoms with E-state index in [1.165, 1.54) is 12.2 Å². The highest BCUT2D eigenvalue weighted by Gasteiger charge is 2.54. The molecule has 17 heteroatoms. The second-order valence-electron chi connectivity index (χ2n) is 28.7. The molecule has 2 heterocycles. The summed E-state index contributed by atoms with van der Waals surface area (Å²) in [7, 11) is -4.20. The fourth-order valence-corrected chi connectivity index (χ4v) is 22.7. The molecule has 10 atom stereocenters. The van der Waals surface area contributed by atoms with Gasteiger partial charge >= 0.3 is 11.9 Å². The van der Waals surface area contributed by atoms with E-state index in [9.17, 15) is 14.7 Å². The maximum absolute atomic E-state index is 17.0. The van der Waals surface area contributed by atoms with Gasteiger partial charge in [-0.2, -0.15) is 0 Å². The molecule has 530 valence electrons. The van der Waals surface area contributed by atoms with Gasteiger partial charge in [0.1, 0.15) is 29.6 Å². The molecule has 2 aliphatic heterocycles. The Labute approximate surface area is 588 Å². The minimum Gasteiger partial charge on any atom is -0.497 e. The van der Waals surface area contributed by atoms with Crippen molar-refractivity contribution in [2.45, 2.75) is 187 Å². The fourth-order valence-electron chi connectivity index (χ4n) is 13.1. The van der Waals surface area contributed by atoms with Crippen molar-refractivity contribution in [1.82, 2.24) is 0 Å². The zero-order chi connectivity index (χ0) is 71.8. The molecule has 0 amide bonds. The molecule has 2 saturated heterocycles. The van der Waals surface area contributed by atoms with Crippen molar-refractivity contribution >= 4 is 49.3 Å². The first-order valence-electron chi connectivity index (χ1n) is 34.4. The third-order valence-electron chi connectivity index (χ3n) is 18.3. The minimum atomic E-state index is -2.93. The number of esters is 2. The molecule has 0 aromatic heterocycles. The van der Waals surface area contributed by atoms with E-state index >= 15 is 8.78 Å². The summed E-state index contributed by atoms with van der Waals surface area (Å²) in [4.78, 5) is 26.7. The average Bonchev–Trinajstić information content (AvgIpc) is 1.70. The number of ether oxygens (including phenoxy) is 8. The van der Waals surface area contributed by atoms with Crippen molar-refractivity contribution in [3.8, 4) is 5.75 Å². The van der Waals surface area contributed by atoms with E-state index < -0.39 is 112 Å². The second kappa shape index (κ2) is 34.4. The van der Waals surface area contributed by atoms with Crippen LogP contribution in [-0.2, 0) is 48.6 Å². The molecule has 9 rings (SSSR count). The van der Waals surface area contributed by atoms with Gasteiger partial charge in [0.2, 0.25) is 0 Å². The van der Waals surface area contributed by atoms with Crippen LogP contribution in [0.25, 0.3) is 0 Å². The number of carbonyl (C=O) groups is 2. The molecule has 99 heavy (non-hydrogen) atoms. The number of benzene rings is 7. The van der Waals surface area contributed by atoms with E-state index in [1.807, 2.05) is 131 Å². The molecule has 0 aliphatic carbocycles. The lowest BCUT2D eigenvalue weighted by Gasteiger charge is -2.45. The SMILES string of the molecule is COc1ccc(COCC[C@@H]2OC(C)(C)OC2C(OC(=O)c2ccccc2)/C(F)=C\[C@@H](C)[C@H](C)O[Si](c2ccccc2)(c2ccccc2)C(C)(C)C)cc1.C[C@H](/C=C(/F)C(OC(=O)c1ccccc1)C1OC(C)(C)O[C@H]1CCO)[C@H](C)O[Si](c1ccccc1)(c1ccccc1)C(C)(C)C. The van der Waals surface area contributed by atoms with Gasteiger partial charge in [-0.15, -0.1) is 0 Å². The fraction of sp³-hybridized carbons (Fsp3) is 0.415. The highest BCUT2D eigenvalue weighted by Crippen LogP contribution is 2.42. The first-order valence-corrected chi connectivity index (χ1v) is 38.2. The Kier molecular flexibility index (Phi) is 26.9. The Balaban J connectivity index is 0.000000256. The molecule has 0 bridgehead atoms. The van der Waals surface area contributed by atoms with Crippen molar-refractivity contribution in [3.05, 3.63) is 247 Å². The Morgan fingerprint density at radius 1 is 0.495 bits per heavy atom. The van der Waals surface area contributed by atoms with Gasteiger partial charge in [-0.1, -0.05) is 225 Å². The highest BCUT2D eigenvalue weighted by molar-refractivity contribution is 7.00. The van der Waals surface area contributed by atoms with Crippen LogP contribution in [0.15, 0.2) is 230 Å². The molecule has 2 fully saturated rings. The van der Waals surface area contributed by atoms with Crippen molar-refractivity contribution < 1.29 is 70.2 Å².